The van der Waals surface area contributed by atoms with Crippen LogP contribution in [0.15, 0.2) is 42.7 Å². The Bertz CT molecular complexity index is 622. The van der Waals surface area contributed by atoms with Gasteiger partial charge in [-0.2, -0.15) is 5.10 Å². The molecular weight excluding hydrogens is 268 g/mol. The summed E-state index contributed by atoms with van der Waals surface area (Å²) in [5, 5.41) is 9.55. The molecule has 0 aliphatic carbocycles. The molecular formula is C15H18N4O2. The van der Waals surface area contributed by atoms with E-state index in [0.29, 0.717) is 5.69 Å². The SMILES string of the molecule is CC(=O)NC(CC(=O)Nc1cnn(C)c1)c1ccccc1. The fourth-order valence-corrected chi connectivity index (χ4v) is 2.07. The number of amides is 2. The molecule has 1 aromatic carbocycles. The van der Waals surface area contributed by atoms with Crippen LogP contribution in [0.3, 0.4) is 0 Å². The van der Waals surface area contributed by atoms with Crippen LogP contribution in [0.25, 0.3) is 0 Å². The molecule has 2 aromatic rings. The molecule has 0 spiro atoms. The maximum Gasteiger partial charge on any atom is 0.226 e. The van der Waals surface area contributed by atoms with E-state index in [-0.39, 0.29) is 24.3 Å². The standard InChI is InChI=1S/C15H18N4O2/c1-11(20)17-14(12-6-4-3-5-7-12)8-15(21)18-13-9-16-19(2)10-13/h3-7,9-10,14H,8H2,1-2H3,(H,17,20)(H,18,21). The minimum atomic E-state index is -0.347. The fraction of sp³-hybridized carbons (Fsp3) is 0.267. The van der Waals surface area contributed by atoms with Gasteiger partial charge in [0.25, 0.3) is 0 Å². The second-order valence-corrected chi connectivity index (χ2v) is 4.82. The highest BCUT2D eigenvalue weighted by Crippen LogP contribution is 2.17. The molecule has 0 aliphatic rings. The Morgan fingerprint density at radius 3 is 2.57 bits per heavy atom. The summed E-state index contributed by atoms with van der Waals surface area (Å²) in [6.45, 7) is 1.44. The summed E-state index contributed by atoms with van der Waals surface area (Å²) in [7, 11) is 1.78. The molecule has 2 N–H and O–H groups in total. The van der Waals surface area contributed by atoms with E-state index >= 15 is 0 Å². The Labute approximate surface area is 123 Å². The third-order valence-electron chi connectivity index (χ3n) is 2.96. The van der Waals surface area contributed by atoms with E-state index in [9.17, 15) is 9.59 Å². The predicted molar refractivity (Wildman–Crippen MR) is 79.5 cm³/mol. The lowest BCUT2D eigenvalue weighted by atomic mass is 10.0. The van der Waals surface area contributed by atoms with E-state index in [0.717, 1.165) is 5.56 Å². The van der Waals surface area contributed by atoms with E-state index in [2.05, 4.69) is 15.7 Å². The number of aryl methyl sites for hydroxylation is 1. The summed E-state index contributed by atoms with van der Waals surface area (Å²) in [5.74, 6) is -0.344. The number of anilines is 1. The summed E-state index contributed by atoms with van der Waals surface area (Å²) in [4.78, 5) is 23.4. The van der Waals surface area contributed by atoms with Crippen molar-refractivity contribution in [3.05, 3.63) is 48.3 Å². The Morgan fingerprint density at radius 2 is 2.00 bits per heavy atom. The van der Waals surface area contributed by atoms with E-state index in [4.69, 9.17) is 0 Å². The molecule has 1 aromatic heterocycles. The number of carbonyl (C=O) groups excluding carboxylic acids is 2. The highest BCUT2D eigenvalue weighted by Gasteiger charge is 2.17. The summed E-state index contributed by atoms with van der Waals surface area (Å²) >= 11 is 0. The molecule has 1 atom stereocenters. The molecule has 0 radical (unpaired) electrons. The summed E-state index contributed by atoms with van der Waals surface area (Å²) in [6.07, 6.45) is 3.46. The molecule has 0 saturated carbocycles. The molecule has 6 nitrogen and oxygen atoms in total. The van der Waals surface area contributed by atoms with Crippen molar-refractivity contribution < 1.29 is 9.59 Å². The Morgan fingerprint density at radius 1 is 1.29 bits per heavy atom. The van der Waals surface area contributed by atoms with Crippen molar-refractivity contribution >= 4 is 17.5 Å². The van der Waals surface area contributed by atoms with Gasteiger partial charge < -0.3 is 10.6 Å². The second-order valence-electron chi connectivity index (χ2n) is 4.82. The van der Waals surface area contributed by atoms with Crippen molar-refractivity contribution in [3.8, 4) is 0 Å². The zero-order valence-corrected chi connectivity index (χ0v) is 12.0. The Kier molecular flexibility index (Phi) is 4.71. The molecule has 21 heavy (non-hydrogen) atoms. The van der Waals surface area contributed by atoms with Crippen LogP contribution in [0.4, 0.5) is 5.69 Å². The molecule has 0 saturated heterocycles. The number of nitrogens with zero attached hydrogens (tertiary/aromatic N) is 2. The van der Waals surface area contributed by atoms with Crippen LogP contribution in [0, 0.1) is 0 Å². The Balaban J connectivity index is 2.04. The molecule has 2 rings (SSSR count). The van der Waals surface area contributed by atoms with Crippen molar-refractivity contribution in [1.29, 1.82) is 0 Å². The molecule has 0 fully saturated rings. The average molecular weight is 286 g/mol. The van der Waals surface area contributed by atoms with E-state index in [1.807, 2.05) is 30.3 Å². The summed E-state index contributed by atoms with van der Waals surface area (Å²) in [6, 6.07) is 9.08. The fourth-order valence-electron chi connectivity index (χ4n) is 2.07. The zero-order valence-electron chi connectivity index (χ0n) is 12.0. The number of hydrogen-bond acceptors (Lipinski definition) is 3. The normalized spacial score (nSPS) is 11.7. The monoisotopic (exact) mass is 286 g/mol. The van der Waals surface area contributed by atoms with Gasteiger partial charge in [0.1, 0.15) is 0 Å². The number of hydrogen-bond donors (Lipinski definition) is 2. The first-order valence-electron chi connectivity index (χ1n) is 6.65. The van der Waals surface area contributed by atoms with Crippen molar-refractivity contribution in [2.75, 3.05) is 5.32 Å². The third kappa shape index (κ3) is 4.45. The van der Waals surface area contributed by atoms with Crippen LogP contribution in [0.2, 0.25) is 0 Å². The lowest BCUT2D eigenvalue weighted by molar-refractivity contribution is -0.120. The van der Waals surface area contributed by atoms with Gasteiger partial charge in [-0.05, 0) is 5.56 Å². The van der Waals surface area contributed by atoms with Crippen LogP contribution in [-0.4, -0.2) is 21.6 Å². The van der Waals surface area contributed by atoms with Gasteiger partial charge in [0.05, 0.1) is 24.3 Å². The summed E-state index contributed by atoms with van der Waals surface area (Å²) in [5.41, 5.74) is 1.53. The van der Waals surface area contributed by atoms with Gasteiger partial charge in [0.15, 0.2) is 0 Å². The highest BCUT2D eigenvalue weighted by molar-refractivity contribution is 5.91. The second kappa shape index (κ2) is 6.69. The molecule has 110 valence electrons. The van der Waals surface area contributed by atoms with E-state index < -0.39 is 0 Å². The van der Waals surface area contributed by atoms with Crippen LogP contribution in [0.1, 0.15) is 24.9 Å². The quantitative estimate of drug-likeness (QED) is 0.877. The summed E-state index contributed by atoms with van der Waals surface area (Å²) < 4.78 is 1.61. The molecule has 2 amide bonds. The highest BCUT2D eigenvalue weighted by atomic mass is 16.2. The average Bonchev–Trinajstić information content (AvgIpc) is 2.83. The first-order valence-corrected chi connectivity index (χ1v) is 6.65. The molecule has 1 unspecified atom stereocenters. The maximum absolute atomic E-state index is 12.1. The lowest BCUT2D eigenvalue weighted by Crippen LogP contribution is -2.29. The number of nitrogens with one attached hydrogen (secondary N) is 2. The van der Waals surface area contributed by atoms with Gasteiger partial charge in [-0.1, -0.05) is 30.3 Å². The first kappa shape index (κ1) is 14.8. The van der Waals surface area contributed by atoms with Gasteiger partial charge in [-0.15, -0.1) is 0 Å². The van der Waals surface area contributed by atoms with E-state index in [1.165, 1.54) is 6.92 Å². The number of rotatable bonds is 5. The molecule has 0 bridgehead atoms. The van der Waals surface area contributed by atoms with Crippen molar-refractivity contribution in [2.45, 2.75) is 19.4 Å². The zero-order chi connectivity index (χ0) is 15.2. The molecule has 0 aliphatic heterocycles. The number of aromatic nitrogens is 2. The van der Waals surface area contributed by atoms with Crippen LogP contribution < -0.4 is 10.6 Å². The van der Waals surface area contributed by atoms with E-state index in [1.54, 1.807) is 24.1 Å². The smallest absolute Gasteiger partial charge is 0.226 e. The maximum atomic E-state index is 12.1. The topological polar surface area (TPSA) is 76.0 Å². The Hall–Kier alpha value is -2.63. The van der Waals surface area contributed by atoms with Crippen molar-refractivity contribution in [2.24, 2.45) is 7.05 Å². The largest absolute Gasteiger partial charge is 0.349 e. The third-order valence-corrected chi connectivity index (χ3v) is 2.96. The number of carbonyl (C=O) groups is 2. The van der Waals surface area contributed by atoms with Gasteiger partial charge in [-0.3, -0.25) is 14.3 Å². The van der Waals surface area contributed by atoms with Gasteiger partial charge in [-0.25, -0.2) is 0 Å². The van der Waals surface area contributed by atoms with Gasteiger partial charge >= 0.3 is 0 Å². The van der Waals surface area contributed by atoms with Crippen LogP contribution >= 0.6 is 0 Å². The lowest BCUT2D eigenvalue weighted by Gasteiger charge is -2.17. The molecule has 1 heterocycles. The van der Waals surface area contributed by atoms with Crippen LogP contribution in [0.5, 0.6) is 0 Å². The minimum Gasteiger partial charge on any atom is -0.349 e. The van der Waals surface area contributed by atoms with Crippen molar-refractivity contribution in [1.82, 2.24) is 15.1 Å². The first-order chi connectivity index (χ1) is 10.0. The van der Waals surface area contributed by atoms with Gasteiger partial charge in [0, 0.05) is 20.2 Å². The number of benzene rings is 1. The minimum absolute atomic E-state index is 0.165. The van der Waals surface area contributed by atoms with Gasteiger partial charge in [0.2, 0.25) is 11.8 Å². The predicted octanol–water partition coefficient (Wildman–Crippen LogP) is 1.63. The van der Waals surface area contributed by atoms with Crippen molar-refractivity contribution in [3.63, 3.8) is 0 Å². The van der Waals surface area contributed by atoms with Crippen LogP contribution in [-0.2, 0) is 16.6 Å². The molecule has 6 heteroatoms.